The Kier molecular flexibility index (Phi) is 6.42. The minimum atomic E-state index is 0.133. The molecule has 0 spiro atoms. The second kappa shape index (κ2) is 8.97. The van der Waals surface area contributed by atoms with Gasteiger partial charge in [0.05, 0.1) is 5.69 Å². The Morgan fingerprint density at radius 2 is 1.70 bits per heavy atom. The van der Waals surface area contributed by atoms with Crippen LogP contribution in [0, 0.1) is 13.8 Å². The SMILES string of the molecule is Cc1cc(Br)cc(C)c1Nc1cc(-c2ccccc2)nc(NCCCO)n1. The van der Waals surface area contributed by atoms with Gasteiger partial charge in [-0.3, -0.25) is 0 Å². The van der Waals surface area contributed by atoms with E-state index in [2.05, 4.69) is 62.5 Å². The van der Waals surface area contributed by atoms with E-state index in [1.54, 1.807) is 0 Å². The summed E-state index contributed by atoms with van der Waals surface area (Å²) in [5.74, 6) is 1.27. The number of hydrogen-bond donors (Lipinski definition) is 3. The summed E-state index contributed by atoms with van der Waals surface area (Å²) < 4.78 is 1.06. The molecule has 0 saturated carbocycles. The van der Waals surface area contributed by atoms with Crippen molar-refractivity contribution in [1.82, 2.24) is 9.97 Å². The molecule has 3 N–H and O–H groups in total. The number of hydrogen-bond acceptors (Lipinski definition) is 5. The minimum Gasteiger partial charge on any atom is -0.396 e. The van der Waals surface area contributed by atoms with Crippen LogP contribution in [0.1, 0.15) is 17.5 Å². The van der Waals surface area contributed by atoms with Gasteiger partial charge in [-0.05, 0) is 43.5 Å². The van der Waals surface area contributed by atoms with E-state index < -0.39 is 0 Å². The third-order valence-corrected chi connectivity index (χ3v) is 4.62. The minimum absolute atomic E-state index is 0.133. The molecule has 0 fully saturated rings. The molecule has 0 aliphatic heterocycles. The number of anilines is 3. The van der Waals surface area contributed by atoms with Crippen LogP contribution in [0.15, 0.2) is 53.0 Å². The molecule has 2 aromatic carbocycles. The normalized spacial score (nSPS) is 10.7. The zero-order chi connectivity index (χ0) is 19.2. The lowest BCUT2D eigenvalue weighted by molar-refractivity contribution is 0.292. The number of nitrogens with one attached hydrogen (secondary N) is 2. The number of aromatic nitrogens is 2. The number of benzene rings is 2. The van der Waals surface area contributed by atoms with Crippen molar-refractivity contribution >= 4 is 33.4 Å². The summed E-state index contributed by atoms with van der Waals surface area (Å²) in [6, 6.07) is 16.1. The van der Waals surface area contributed by atoms with Crippen LogP contribution in [0.4, 0.5) is 17.5 Å². The molecule has 0 unspecified atom stereocenters. The molecule has 0 saturated heterocycles. The van der Waals surface area contributed by atoms with Gasteiger partial charge in [0.15, 0.2) is 0 Å². The van der Waals surface area contributed by atoms with Gasteiger partial charge in [0.2, 0.25) is 5.95 Å². The third-order valence-electron chi connectivity index (χ3n) is 4.16. The van der Waals surface area contributed by atoms with Crippen molar-refractivity contribution in [3.63, 3.8) is 0 Å². The fraction of sp³-hybridized carbons (Fsp3) is 0.238. The highest BCUT2D eigenvalue weighted by Gasteiger charge is 2.10. The highest BCUT2D eigenvalue weighted by atomic mass is 79.9. The maximum atomic E-state index is 9.01. The maximum absolute atomic E-state index is 9.01. The molecular formula is C21H23BrN4O. The largest absolute Gasteiger partial charge is 0.396 e. The Balaban J connectivity index is 1.97. The summed E-state index contributed by atoms with van der Waals surface area (Å²) in [4.78, 5) is 9.23. The smallest absolute Gasteiger partial charge is 0.225 e. The molecule has 3 rings (SSSR count). The van der Waals surface area contributed by atoms with E-state index in [9.17, 15) is 0 Å². The van der Waals surface area contributed by atoms with Crippen LogP contribution in [0.5, 0.6) is 0 Å². The van der Waals surface area contributed by atoms with Crippen LogP contribution >= 0.6 is 15.9 Å². The zero-order valence-corrected chi connectivity index (χ0v) is 17.0. The Morgan fingerprint density at radius 1 is 1.00 bits per heavy atom. The second-order valence-electron chi connectivity index (χ2n) is 6.37. The van der Waals surface area contributed by atoms with Gasteiger partial charge in [-0.1, -0.05) is 46.3 Å². The van der Waals surface area contributed by atoms with Crippen LogP contribution in [0.3, 0.4) is 0 Å². The molecule has 6 heteroatoms. The van der Waals surface area contributed by atoms with Crippen LogP contribution in [0.2, 0.25) is 0 Å². The van der Waals surface area contributed by atoms with Crippen molar-refractivity contribution in [1.29, 1.82) is 0 Å². The van der Waals surface area contributed by atoms with Crippen LogP contribution in [0.25, 0.3) is 11.3 Å². The standard InChI is InChI=1S/C21H23BrN4O/c1-14-11-17(22)12-15(2)20(14)25-19-13-18(16-7-4-3-5-8-16)24-21(26-19)23-9-6-10-27/h3-5,7-8,11-13,27H,6,9-10H2,1-2H3,(H2,23,24,25,26). The first kappa shape index (κ1) is 19.3. The van der Waals surface area contributed by atoms with E-state index in [0.29, 0.717) is 18.9 Å². The molecule has 0 bridgehead atoms. The lowest BCUT2D eigenvalue weighted by Crippen LogP contribution is -2.09. The molecule has 1 aromatic heterocycles. The van der Waals surface area contributed by atoms with Gasteiger partial charge in [-0.15, -0.1) is 0 Å². The Hall–Kier alpha value is -2.44. The molecule has 0 amide bonds. The number of aryl methyl sites for hydroxylation is 2. The monoisotopic (exact) mass is 426 g/mol. The topological polar surface area (TPSA) is 70.1 Å². The van der Waals surface area contributed by atoms with Gasteiger partial charge in [0.25, 0.3) is 0 Å². The summed E-state index contributed by atoms with van der Waals surface area (Å²) >= 11 is 3.54. The lowest BCUT2D eigenvalue weighted by atomic mass is 10.1. The fourth-order valence-corrected chi connectivity index (χ4v) is 3.55. The van der Waals surface area contributed by atoms with Gasteiger partial charge in [0.1, 0.15) is 5.82 Å². The number of aliphatic hydroxyl groups is 1. The maximum Gasteiger partial charge on any atom is 0.225 e. The summed E-state index contributed by atoms with van der Waals surface area (Å²) in [7, 11) is 0. The van der Waals surface area contributed by atoms with Gasteiger partial charge in [-0.25, -0.2) is 4.98 Å². The fourth-order valence-electron chi connectivity index (χ4n) is 2.86. The van der Waals surface area contributed by atoms with E-state index in [0.717, 1.165) is 38.4 Å². The molecule has 0 atom stereocenters. The number of nitrogens with zero attached hydrogens (tertiary/aromatic N) is 2. The zero-order valence-electron chi connectivity index (χ0n) is 15.5. The van der Waals surface area contributed by atoms with Crippen molar-refractivity contribution in [3.8, 4) is 11.3 Å². The molecule has 0 aliphatic carbocycles. The molecule has 140 valence electrons. The molecule has 3 aromatic rings. The van der Waals surface area contributed by atoms with Gasteiger partial charge in [0, 0.05) is 34.9 Å². The van der Waals surface area contributed by atoms with Crippen molar-refractivity contribution in [3.05, 3.63) is 64.1 Å². The summed E-state index contributed by atoms with van der Waals surface area (Å²) in [5, 5.41) is 15.7. The molecule has 5 nitrogen and oxygen atoms in total. The van der Waals surface area contributed by atoms with E-state index in [1.165, 1.54) is 0 Å². The predicted molar refractivity (Wildman–Crippen MR) is 115 cm³/mol. The van der Waals surface area contributed by atoms with Crippen molar-refractivity contribution in [2.75, 3.05) is 23.8 Å². The Morgan fingerprint density at radius 3 is 2.37 bits per heavy atom. The first-order valence-electron chi connectivity index (χ1n) is 8.90. The van der Waals surface area contributed by atoms with Gasteiger partial charge >= 0.3 is 0 Å². The molecular weight excluding hydrogens is 404 g/mol. The van der Waals surface area contributed by atoms with Gasteiger partial charge < -0.3 is 15.7 Å². The average molecular weight is 427 g/mol. The summed E-state index contributed by atoms with van der Waals surface area (Å²) in [5.41, 5.74) is 5.18. The Bertz CT molecular complexity index is 892. The molecule has 1 heterocycles. The summed E-state index contributed by atoms with van der Waals surface area (Å²) in [6.45, 7) is 4.89. The second-order valence-corrected chi connectivity index (χ2v) is 7.29. The third kappa shape index (κ3) is 5.05. The number of halogens is 1. The van der Waals surface area contributed by atoms with Crippen molar-refractivity contribution in [2.24, 2.45) is 0 Å². The molecule has 27 heavy (non-hydrogen) atoms. The van der Waals surface area contributed by atoms with E-state index in [1.807, 2.05) is 36.4 Å². The van der Waals surface area contributed by atoms with E-state index in [4.69, 9.17) is 5.11 Å². The highest BCUT2D eigenvalue weighted by molar-refractivity contribution is 9.10. The van der Waals surface area contributed by atoms with E-state index >= 15 is 0 Å². The first-order chi connectivity index (χ1) is 13.1. The Labute approximate surface area is 168 Å². The number of aliphatic hydroxyl groups excluding tert-OH is 1. The lowest BCUT2D eigenvalue weighted by Gasteiger charge is -2.15. The predicted octanol–water partition coefficient (Wildman–Crippen LogP) is 5.06. The van der Waals surface area contributed by atoms with Gasteiger partial charge in [-0.2, -0.15) is 4.98 Å². The van der Waals surface area contributed by atoms with Crippen LogP contribution in [-0.2, 0) is 0 Å². The summed E-state index contributed by atoms with van der Waals surface area (Å²) in [6.07, 6.45) is 0.645. The average Bonchev–Trinajstić information content (AvgIpc) is 2.65. The van der Waals surface area contributed by atoms with Crippen molar-refractivity contribution < 1.29 is 5.11 Å². The molecule has 0 radical (unpaired) electrons. The van der Waals surface area contributed by atoms with Crippen molar-refractivity contribution in [2.45, 2.75) is 20.3 Å². The highest BCUT2D eigenvalue weighted by Crippen LogP contribution is 2.29. The first-order valence-corrected chi connectivity index (χ1v) is 9.69. The van der Waals surface area contributed by atoms with E-state index in [-0.39, 0.29) is 6.61 Å². The van der Waals surface area contributed by atoms with Crippen LogP contribution < -0.4 is 10.6 Å². The number of rotatable bonds is 7. The quantitative estimate of drug-likeness (QED) is 0.460. The molecule has 0 aliphatic rings. The van der Waals surface area contributed by atoms with Crippen LogP contribution in [-0.4, -0.2) is 28.2 Å².